The van der Waals surface area contributed by atoms with Crippen molar-refractivity contribution in [2.75, 3.05) is 26.2 Å². The monoisotopic (exact) mass is 330 g/mol. The van der Waals surface area contributed by atoms with Gasteiger partial charge in [-0.3, -0.25) is 0 Å². The van der Waals surface area contributed by atoms with E-state index in [4.69, 9.17) is 23.2 Å². The summed E-state index contributed by atoms with van der Waals surface area (Å²) >= 11 is 11.8. The Hall–Kier alpha value is -0.0400. The van der Waals surface area contributed by atoms with Crippen LogP contribution >= 0.6 is 35.6 Å². The molecule has 18 heavy (non-hydrogen) atoms. The zero-order chi connectivity index (χ0) is 12.5. The van der Waals surface area contributed by atoms with E-state index in [0.717, 1.165) is 0 Å². The number of hydrogen-bond donors (Lipinski definition) is 1. The molecule has 2 rings (SSSR count). The number of sulfonamides is 1. The van der Waals surface area contributed by atoms with Crippen LogP contribution in [0.25, 0.3) is 0 Å². The minimum atomic E-state index is -3.54. The van der Waals surface area contributed by atoms with E-state index in [1.54, 1.807) is 12.1 Å². The van der Waals surface area contributed by atoms with E-state index < -0.39 is 10.0 Å². The number of nitrogens with one attached hydrogen (secondary N) is 1. The highest BCUT2D eigenvalue weighted by Gasteiger charge is 2.28. The van der Waals surface area contributed by atoms with Gasteiger partial charge in [0, 0.05) is 26.2 Å². The summed E-state index contributed by atoms with van der Waals surface area (Å²) in [5.74, 6) is 0. The minimum absolute atomic E-state index is 0. The summed E-state index contributed by atoms with van der Waals surface area (Å²) in [4.78, 5) is 0.0774. The summed E-state index contributed by atoms with van der Waals surface area (Å²) in [5.41, 5.74) is 0. The van der Waals surface area contributed by atoms with Gasteiger partial charge in [0.1, 0.15) is 4.90 Å². The van der Waals surface area contributed by atoms with Crippen LogP contribution in [0.2, 0.25) is 10.0 Å². The van der Waals surface area contributed by atoms with Crippen LogP contribution in [0.5, 0.6) is 0 Å². The number of rotatable bonds is 2. The topological polar surface area (TPSA) is 49.4 Å². The van der Waals surface area contributed by atoms with Gasteiger partial charge >= 0.3 is 0 Å². The maximum absolute atomic E-state index is 12.3. The second-order valence-corrected chi connectivity index (χ2v) is 6.40. The van der Waals surface area contributed by atoms with Gasteiger partial charge in [-0.15, -0.1) is 12.4 Å². The Morgan fingerprint density at radius 1 is 1.17 bits per heavy atom. The average Bonchev–Trinajstić information content (AvgIpc) is 2.33. The molecule has 8 heteroatoms. The van der Waals surface area contributed by atoms with Gasteiger partial charge in [0.05, 0.1) is 10.0 Å². The predicted octanol–water partition coefficient (Wildman–Crippen LogP) is 2.01. The smallest absolute Gasteiger partial charge is 0.244 e. The van der Waals surface area contributed by atoms with Gasteiger partial charge in [-0.25, -0.2) is 8.42 Å². The van der Waals surface area contributed by atoms with E-state index in [9.17, 15) is 8.42 Å². The first kappa shape index (κ1) is 16.0. The van der Waals surface area contributed by atoms with Crippen LogP contribution in [0.15, 0.2) is 23.1 Å². The first-order valence-electron chi connectivity index (χ1n) is 5.18. The molecule has 1 saturated heterocycles. The molecule has 1 aliphatic rings. The Kier molecular flexibility index (Phi) is 5.70. The molecule has 0 unspecified atom stereocenters. The number of hydrogen-bond acceptors (Lipinski definition) is 3. The quantitative estimate of drug-likeness (QED) is 0.902. The molecule has 0 spiro atoms. The van der Waals surface area contributed by atoms with Crippen LogP contribution < -0.4 is 5.32 Å². The maximum atomic E-state index is 12.3. The zero-order valence-electron chi connectivity index (χ0n) is 9.40. The molecule has 4 nitrogen and oxygen atoms in total. The van der Waals surface area contributed by atoms with Crippen LogP contribution in [0.1, 0.15) is 0 Å². The summed E-state index contributed by atoms with van der Waals surface area (Å²) < 4.78 is 26.0. The highest BCUT2D eigenvalue weighted by molar-refractivity contribution is 7.89. The van der Waals surface area contributed by atoms with E-state index >= 15 is 0 Å². The van der Waals surface area contributed by atoms with E-state index in [0.29, 0.717) is 26.2 Å². The zero-order valence-corrected chi connectivity index (χ0v) is 12.5. The lowest BCUT2D eigenvalue weighted by atomic mass is 10.4. The first-order chi connectivity index (χ1) is 8.03. The fraction of sp³-hybridized carbons (Fsp3) is 0.400. The third-order valence-corrected chi connectivity index (χ3v) is 5.48. The van der Waals surface area contributed by atoms with Crippen LogP contribution in [0.3, 0.4) is 0 Å². The normalized spacial score (nSPS) is 17.2. The Balaban J connectivity index is 0.00000162. The second-order valence-electron chi connectivity index (χ2n) is 3.71. The molecule has 1 aliphatic heterocycles. The lowest BCUT2D eigenvalue weighted by molar-refractivity contribution is 0.360. The van der Waals surface area contributed by atoms with Crippen molar-refractivity contribution in [3.05, 3.63) is 28.2 Å². The molecular formula is C10H13Cl3N2O2S. The number of halogens is 3. The van der Waals surface area contributed by atoms with Gasteiger partial charge < -0.3 is 5.32 Å². The summed E-state index contributed by atoms with van der Waals surface area (Å²) in [6.07, 6.45) is 0. The molecule has 0 radical (unpaired) electrons. The van der Waals surface area contributed by atoms with Crippen LogP contribution in [-0.4, -0.2) is 38.9 Å². The third-order valence-electron chi connectivity index (χ3n) is 2.61. The summed E-state index contributed by atoms with van der Waals surface area (Å²) in [6, 6.07) is 4.63. The van der Waals surface area contributed by atoms with Crippen LogP contribution in [0.4, 0.5) is 0 Å². The molecule has 0 amide bonds. The van der Waals surface area contributed by atoms with Gasteiger partial charge in [0.25, 0.3) is 0 Å². The van der Waals surface area contributed by atoms with Gasteiger partial charge in [0.15, 0.2) is 0 Å². The Morgan fingerprint density at radius 3 is 2.39 bits per heavy atom. The van der Waals surface area contributed by atoms with Gasteiger partial charge in [-0.05, 0) is 12.1 Å². The predicted molar refractivity (Wildman–Crippen MR) is 75.3 cm³/mol. The highest BCUT2D eigenvalue weighted by atomic mass is 35.5. The maximum Gasteiger partial charge on any atom is 0.244 e. The molecular weight excluding hydrogens is 319 g/mol. The molecule has 1 N–H and O–H groups in total. The van der Waals surface area contributed by atoms with Gasteiger partial charge in [-0.1, -0.05) is 29.3 Å². The molecule has 1 heterocycles. The molecule has 0 atom stereocenters. The molecule has 1 aromatic carbocycles. The third kappa shape index (κ3) is 3.10. The van der Waals surface area contributed by atoms with Crippen molar-refractivity contribution in [3.8, 4) is 0 Å². The van der Waals surface area contributed by atoms with E-state index in [-0.39, 0.29) is 27.3 Å². The minimum Gasteiger partial charge on any atom is -0.314 e. The molecule has 0 saturated carbocycles. The molecule has 102 valence electrons. The van der Waals surface area contributed by atoms with Gasteiger partial charge in [-0.2, -0.15) is 4.31 Å². The number of nitrogens with zero attached hydrogens (tertiary/aromatic N) is 1. The molecule has 0 aliphatic carbocycles. The fourth-order valence-electron chi connectivity index (χ4n) is 1.71. The fourth-order valence-corrected chi connectivity index (χ4v) is 3.88. The first-order valence-corrected chi connectivity index (χ1v) is 7.38. The molecule has 0 aromatic heterocycles. The molecule has 0 bridgehead atoms. The molecule has 1 fully saturated rings. The van der Waals surface area contributed by atoms with Gasteiger partial charge in [0.2, 0.25) is 10.0 Å². The van der Waals surface area contributed by atoms with Crippen molar-refractivity contribution in [3.63, 3.8) is 0 Å². The Labute approximate surface area is 123 Å². The SMILES string of the molecule is Cl.O=S(=O)(c1cccc(Cl)c1Cl)N1CCNCC1. The number of piperazine rings is 1. The van der Waals surface area contributed by atoms with E-state index in [2.05, 4.69) is 5.32 Å². The van der Waals surface area contributed by atoms with Crippen molar-refractivity contribution < 1.29 is 8.42 Å². The Bertz CT molecular complexity index is 516. The van der Waals surface area contributed by atoms with Crippen LogP contribution in [0, 0.1) is 0 Å². The van der Waals surface area contributed by atoms with Crippen molar-refractivity contribution in [2.45, 2.75) is 4.90 Å². The Morgan fingerprint density at radius 2 is 1.78 bits per heavy atom. The standard InChI is InChI=1S/C10H12Cl2N2O2S.ClH/c11-8-2-1-3-9(10(8)12)17(15,16)14-6-4-13-5-7-14;/h1-3,13H,4-7H2;1H. The largest absolute Gasteiger partial charge is 0.314 e. The van der Waals surface area contributed by atoms with Crippen molar-refractivity contribution >= 4 is 45.6 Å². The summed E-state index contributed by atoms with van der Waals surface area (Å²) in [7, 11) is -3.54. The van der Waals surface area contributed by atoms with E-state index in [1.807, 2.05) is 0 Å². The lowest BCUT2D eigenvalue weighted by Gasteiger charge is -2.27. The average molecular weight is 332 g/mol. The van der Waals surface area contributed by atoms with Crippen molar-refractivity contribution in [1.82, 2.24) is 9.62 Å². The lowest BCUT2D eigenvalue weighted by Crippen LogP contribution is -2.46. The molecule has 1 aromatic rings. The van der Waals surface area contributed by atoms with Crippen molar-refractivity contribution in [1.29, 1.82) is 0 Å². The second kappa shape index (κ2) is 6.41. The van der Waals surface area contributed by atoms with E-state index in [1.165, 1.54) is 10.4 Å². The summed E-state index contributed by atoms with van der Waals surface area (Å²) in [5, 5.41) is 3.44. The van der Waals surface area contributed by atoms with Crippen LogP contribution in [-0.2, 0) is 10.0 Å². The number of benzene rings is 1. The summed E-state index contributed by atoms with van der Waals surface area (Å²) in [6.45, 7) is 2.20. The van der Waals surface area contributed by atoms with Crippen molar-refractivity contribution in [2.24, 2.45) is 0 Å². The highest BCUT2D eigenvalue weighted by Crippen LogP contribution is 2.30.